The van der Waals surface area contributed by atoms with Crippen LogP contribution < -0.4 is 27.4 Å². The number of nitrogens with one attached hydrogen (secondary N) is 3. The van der Waals surface area contributed by atoms with Crippen LogP contribution in [0, 0.1) is 11.8 Å². The molecule has 0 saturated carbocycles. The molecule has 6 amide bonds. The van der Waals surface area contributed by atoms with E-state index in [2.05, 4.69) is 16.0 Å². The summed E-state index contributed by atoms with van der Waals surface area (Å²) in [5.41, 5.74) is 11.0. The maximum Gasteiger partial charge on any atom is 0.407 e. The minimum absolute atomic E-state index is 0.0479. The van der Waals surface area contributed by atoms with Crippen molar-refractivity contribution in [3.63, 3.8) is 0 Å². The van der Waals surface area contributed by atoms with Crippen molar-refractivity contribution in [3.8, 4) is 0 Å². The monoisotopic (exact) mass is 1070 g/mol. The smallest absolute Gasteiger partial charge is 0.407 e. The van der Waals surface area contributed by atoms with Gasteiger partial charge in [0.15, 0.2) is 11.6 Å². The Morgan fingerprint density at radius 2 is 0.971 bits per heavy atom. The van der Waals surface area contributed by atoms with Crippen LogP contribution in [-0.4, -0.2) is 166 Å². The second-order valence-electron chi connectivity index (χ2n) is 17.0. The Morgan fingerprint density at radius 1 is 0.529 bits per heavy atom. The molecule has 0 spiro atoms. The third-order valence-corrected chi connectivity index (χ3v) is 15.5. The van der Waals surface area contributed by atoms with E-state index in [9.17, 15) is 43.2 Å². The average molecular weight is 1070 g/mol. The van der Waals surface area contributed by atoms with E-state index in [1.807, 2.05) is 0 Å². The summed E-state index contributed by atoms with van der Waals surface area (Å²) in [4.78, 5) is 111. The molecule has 2 heterocycles. The van der Waals surface area contributed by atoms with Crippen LogP contribution in [0.1, 0.15) is 122 Å². The average Bonchev–Trinajstić information content (AvgIpc) is 4.27. The predicted molar refractivity (Wildman–Crippen MR) is 277 cm³/mol. The number of unbranched alkanes of at least 4 members (excludes halogenated alkanes) is 4. The molecule has 0 bridgehead atoms. The zero-order valence-corrected chi connectivity index (χ0v) is 45.1. The maximum atomic E-state index is 12.7. The highest BCUT2D eigenvalue weighted by molar-refractivity contribution is 8.93. The van der Waals surface area contributed by atoms with Crippen molar-refractivity contribution in [2.24, 2.45) is 23.3 Å². The first-order valence-electron chi connectivity index (χ1n) is 24.3. The Bertz CT molecular complexity index is 1490. The van der Waals surface area contributed by atoms with Crippen LogP contribution >= 0.6 is 43.2 Å². The standard InChI is InChI=1S/C26H44N4O5S4.C20H37N3O8/c1-29-13-12-22(33)30(16-20(31)10-6-2-4-8-18(25(27)34)14-23-36-37-23)17-21(32)11-7-3-5-9-19(26(28)35)15-24-38-39-24;1-17(24)7-4-8-18(25)23(11-5-9-21-19(26)30-15-13-28-2)12-6-10-22-20(27)31-16-14-29-3/h18-19,23-24,29H,2-17H2,1H3,(H2,27,34)(H2,28,35);4-16H2,1-3H3,(H,21,26)(H,22,27)/t18-,19-;/m1./s1. The fourth-order valence-corrected chi connectivity index (χ4v) is 9.72. The summed E-state index contributed by atoms with van der Waals surface area (Å²) in [6.07, 6.45) is 9.89. The van der Waals surface area contributed by atoms with Crippen molar-refractivity contribution < 1.29 is 62.1 Å². The van der Waals surface area contributed by atoms with Gasteiger partial charge in [-0.3, -0.25) is 28.8 Å². The Hall–Kier alpha value is -3.29. The molecule has 2 saturated heterocycles. The van der Waals surface area contributed by atoms with Crippen molar-refractivity contribution in [2.45, 2.75) is 132 Å². The molecule has 2 rings (SSSR count). The number of hydrogen-bond acceptors (Lipinski definition) is 18. The number of primary amides is 2. The number of hydrogen-bond donors (Lipinski definition) is 5. The number of alkyl carbamates (subject to hydrolysis) is 2. The van der Waals surface area contributed by atoms with Crippen LogP contribution in [0.4, 0.5) is 9.59 Å². The van der Waals surface area contributed by atoms with Gasteiger partial charge < -0.3 is 61.0 Å². The second kappa shape index (κ2) is 41.2. The number of Topliss-reactive ketones (excluding diaryl/α,β-unsaturated/α-hetero) is 3. The molecule has 24 heteroatoms. The first-order chi connectivity index (χ1) is 33.6. The summed E-state index contributed by atoms with van der Waals surface area (Å²) in [6.45, 7) is 4.46. The van der Waals surface area contributed by atoms with E-state index in [1.54, 1.807) is 55.1 Å². The third-order valence-electron chi connectivity index (χ3n) is 11.0. The van der Waals surface area contributed by atoms with Gasteiger partial charge in [0.2, 0.25) is 23.6 Å². The molecule has 70 heavy (non-hydrogen) atoms. The van der Waals surface area contributed by atoms with E-state index in [-0.39, 0.29) is 92.0 Å². The Balaban J connectivity index is 0.000000721. The molecule has 2 aliphatic rings. The van der Waals surface area contributed by atoms with Gasteiger partial charge in [-0.05, 0) is 71.8 Å². The number of methoxy groups -OCH3 is 2. The molecular weight excluding hydrogens is 987 g/mol. The quantitative estimate of drug-likeness (QED) is 0.0305. The number of ether oxygens (including phenoxy) is 4. The Labute approximate surface area is 430 Å². The van der Waals surface area contributed by atoms with Gasteiger partial charge in [0.05, 0.1) is 35.5 Å². The molecule has 0 aromatic rings. The summed E-state index contributed by atoms with van der Waals surface area (Å²) in [5.74, 6) is -1.04. The minimum Gasteiger partial charge on any atom is -0.447 e. The molecule has 20 nitrogen and oxygen atoms in total. The Kier molecular flexibility index (Phi) is 38.1. The van der Waals surface area contributed by atoms with Gasteiger partial charge in [0, 0.05) is 90.9 Å². The van der Waals surface area contributed by atoms with Crippen molar-refractivity contribution >= 4 is 96.3 Å². The van der Waals surface area contributed by atoms with E-state index in [4.69, 9.17) is 30.4 Å². The van der Waals surface area contributed by atoms with Crippen LogP contribution in [0.2, 0.25) is 0 Å². The van der Waals surface area contributed by atoms with E-state index in [1.165, 1.54) is 26.0 Å². The molecule has 7 N–H and O–H groups in total. The molecule has 0 aromatic carbocycles. The molecular formula is C46H81N7O13S4. The van der Waals surface area contributed by atoms with Gasteiger partial charge in [0.1, 0.15) is 19.0 Å². The molecule has 0 aliphatic carbocycles. The predicted octanol–water partition coefficient (Wildman–Crippen LogP) is 4.99. The highest BCUT2D eigenvalue weighted by atomic mass is 33.2. The number of amides is 6. The van der Waals surface area contributed by atoms with Crippen molar-refractivity contribution in [3.05, 3.63) is 0 Å². The summed E-state index contributed by atoms with van der Waals surface area (Å²) in [5, 5.41) is 8.17. The topological polar surface area (TPSA) is 285 Å². The first-order valence-corrected chi connectivity index (χ1v) is 28.9. The molecule has 402 valence electrons. The number of rotatable bonds is 43. The second-order valence-corrected chi connectivity index (χ2v) is 23.0. The fourth-order valence-electron chi connectivity index (χ4n) is 6.90. The van der Waals surface area contributed by atoms with Gasteiger partial charge in [0.25, 0.3) is 0 Å². The minimum atomic E-state index is -0.535. The summed E-state index contributed by atoms with van der Waals surface area (Å²) >= 11 is 0. The van der Waals surface area contributed by atoms with Gasteiger partial charge in [-0.25, -0.2) is 9.59 Å². The zero-order valence-electron chi connectivity index (χ0n) is 41.8. The fraction of sp³-hybridized carbons (Fsp3) is 0.804. The SMILES string of the molecule is CNCCC(=O)N(CC(=O)CCCCC[C@H](CC1SS1)C(N)=O)CC(=O)CCCCC[C@H](CC1SS1)C(N)=O.COCCOC(=O)NCCCN(CCCNC(=O)OCCOC)C(=O)CCCC(C)=O. The number of ketones is 3. The largest absolute Gasteiger partial charge is 0.447 e. The molecule has 0 radical (unpaired) electrons. The van der Waals surface area contributed by atoms with Crippen LogP contribution in [0.15, 0.2) is 0 Å². The lowest BCUT2D eigenvalue weighted by molar-refractivity contribution is -0.138. The molecule has 2 fully saturated rings. The van der Waals surface area contributed by atoms with Crippen LogP contribution in [0.3, 0.4) is 0 Å². The summed E-state index contributed by atoms with van der Waals surface area (Å²) < 4.78 is 20.4. The van der Waals surface area contributed by atoms with Crippen LogP contribution in [0.25, 0.3) is 0 Å². The van der Waals surface area contributed by atoms with Crippen molar-refractivity contribution in [1.82, 2.24) is 25.8 Å². The van der Waals surface area contributed by atoms with E-state index >= 15 is 0 Å². The highest BCUT2D eigenvalue weighted by Gasteiger charge is 2.31. The van der Waals surface area contributed by atoms with Crippen molar-refractivity contribution in [2.75, 3.05) is 93.5 Å². The molecule has 2 atom stereocenters. The number of carbonyl (C=O) groups excluding carboxylic acids is 9. The number of nitrogens with two attached hydrogens (primary N) is 2. The van der Waals surface area contributed by atoms with Gasteiger partial charge >= 0.3 is 12.2 Å². The lowest BCUT2D eigenvalue weighted by Crippen LogP contribution is -2.40. The first kappa shape index (κ1) is 64.7. The third kappa shape index (κ3) is 36.6. The van der Waals surface area contributed by atoms with E-state index in [0.717, 1.165) is 51.4 Å². The lowest BCUT2D eigenvalue weighted by Gasteiger charge is -2.23. The van der Waals surface area contributed by atoms with Crippen molar-refractivity contribution in [1.29, 1.82) is 0 Å². The van der Waals surface area contributed by atoms with Crippen LogP contribution in [0.5, 0.6) is 0 Å². The van der Waals surface area contributed by atoms with E-state index < -0.39 is 12.2 Å². The van der Waals surface area contributed by atoms with Crippen LogP contribution in [-0.2, 0) is 52.5 Å². The molecule has 2 aliphatic heterocycles. The molecule has 0 unspecified atom stereocenters. The maximum absolute atomic E-state index is 12.7. The summed E-state index contributed by atoms with van der Waals surface area (Å²) in [6, 6.07) is 0. The highest BCUT2D eigenvalue weighted by Crippen LogP contribution is 2.57. The lowest BCUT2D eigenvalue weighted by atomic mass is 9.97. The zero-order chi connectivity index (χ0) is 51.9. The summed E-state index contributed by atoms with van der Waals surface area (Å²) in [7, 11) is 11.9. The van der Waals surface area contributed by atoms with Gasteiger partial charge in [-0.1, -0.05) is 68.9 Å². The molecule has 0 aromatic heterocycles. The number of nitrogens with zero attached hydrogens (tertiary/aromatic N) is 2. The van der Waals surface area contributed by atoms with Gasteiger partial charge in [-0.15, -0.1) is 0 Å². The normalized spacial score (nSPS) is 13.7. The van der Waals surface area contributed by atoms with E-state index in [0.29, 0.717) is 106 Å². The van der Waals surface area contributed by atoms with Gasteiger partial charge in [-0.2, -0.15) is 0 Å². The Morgan fingerprint density at radius 3 is 1.36 bits per heavy atom. The number of carbonyl (C=O) groups is 9.